The standard InChI is InChI=1S/C22H19Br2N3O4S/c1-31-21-12-9-18(24)13-16(21)14-25-26-22(28)15-27(19-10-7-17(23)8-11-19)32(29,30)20-5-3-2-4-6-20/h2-14H,15H2,1H3,(H,26,28). The molecule has 0 aromatic heterocycles. The molecule has 0 aliphatic rings. The molecule has 166 valence electrons. The van der Waals surface area contributed by atoms with E-state index in [9.17, 15) is 13.2 Å². The van der Waals surface area contributed by atoms with Gasteiger partial charge in [0.2, 0.25) is 0 Å². The number of sulfonamides is 1. The van der Waals surface area contributed by atoms with Crippen LogP contribution < -0.4 is 14.5 Å². The van der Waals surface area contributed by atoms with Crippen molar-refractivity contribution < 1.29 is 17.9 Å². The van der Waals surface area contributed by atoms with E-state index in [0.717, 1.165) is 13.3 Å². The van der Waals surface area contributed by atoms with Crippen molar-refractivity contribution in [2.45, 2.75) is 4.90 Å². The summed E-state index contributed by atoms with van der Waals surface area (Å²) >= 11 is 6.71. The Balaban J connectivity index is 1.83. The molecular weight excluding hydrogens is 562 g/mol. The van der Waals surface area contributed by atoms with Gasteiger partial charge in [0, 0.05) is 14.5 Å². The maximum absolute atomic E-state index is 13.2. The molecule has 10 heteroatoms. The lowest BCUT2D eigenvalue weighted by atomic mass is 10.2. The maximum atomic E-state index is 13.2. The number of amides is 1. The molecule has 0 fully saturated rings. The number of nitrogens with one attached hydrogen (secondary N) is 1. The van der Waals surface area contributed by atoms with Gasteiger partial charge in [0.15, 0.2) is 0 Å². The van der Waals surface area contributed by atoms with Crippen LogP contribution in [0.5, 0.6) is 5.75 Å². The van der Waals surface area contributed by atoms with Crippen LogP contribution in [-0.4, -0.2) is 34.2 Å². The molecule has 3 aromatic carbocycles. The Morgan fingerprint density at radius 3 is 2.34 bits per heavy atom. The highest BCUT2D eigenvalue weighted by Crippen LogP contribution is 2.25. The summed E-state index contributed by atoms with van der Waals surface area (Å²) in [7, 11) is -2.44. The maximum Gasteiger partial charge on any atom is 0.264 e. The van der Waals surface area contributed by atoms with Crippen LogP contribution in [0.25, 0.3) is 0 Å². The Hall–Kier alpha value is -2.69. The van der Waals surface area contributed by atoms with Crippen LogP contribution in [0.1, 0.15) is 5.56 Å². The molecule has 7 nitrogen and oxygen atoms in total. The minimum atomic E-state index is -3.98. The third-order valence-corrected chi connectivity index (χ3v) is 7.13. The third kappa shape index (κ3) is 5.96. The molecule has 0 heterocycles. The molecule has 0 saturated carbocycles. The van der Waals surface area contributed by atoms with Crippen molar-refractivity contribution in [2.24, 2.45) is 5.10 Å². The average molecular weight is 581 g/mol. The molecule has 0 spiro atoms. The molecule has 3 rings (SSSR count). The van der Waals surface area contributed by atoms with E-state index >= 15 is 0 Å². The number of carbonyl (C=O) groups excluding carboxylic acids is 1. The molecule has 0 aliphatic heterocycles. The van der Waals surface area contributed by atoms with Crippen molar-refractivity contribution in [2.75, 3.05) is 18.0 Å². The van der Waals surface area contributed by atoms with Gasteiger partial charge in [-0.2, -0.15) is 5.10 Å². The van der Waals surface area contributed by atoms with E-state index in [1.807, 2.05) is 6.07 Å². The predicted molar refractivity (Wildman–Crippen MR) is 132 cm³/mol. The smallest absolute Gasteiger partial charge is 0.264 e. The molecule has 3 aromatic rings. The van der Waals surface area contributed by atoms with E-state index < -0.39 is 22.5 Å². The van der Waals surface area contributed by atoms with Gasteiger partial charge in [-0.3, -0.25) is 9.10 Å². The normalized spacial score (nSPS) is 11.3. The van der Waals surface area contributed by atoms with Crippen LogP contribution in [0.15, 0.2) is 91.7 Å². The molecule has 0 saturated heterocycles. The van der Waals surface area contributed by atoms with Gasteiger partial charge in [-0.1, -0.05) is 50.1 Å². The lowest BCUT2D eigenvalue weighted by Gasteiger charge is -2.23. The van der Waals surface area contributed by atoms with Crippen molar-refractivity contribution in [3.05, 3.63) is 87.3 Å². The van der Waals surface area contributed by atoms with Gasteiger partial charge in [-0.25, -0.2) is 13.8 Å². The summed E-state index contributed by atoms with van der Waals surface area (Å²) in [6.07, 6.45) is 1.43. The monoisotopic (exact) mass is 579 g/mol. The fourth-order valence-electron chi connectivity index (χ4n) is 2.79. The minimum Gasteiger partial charge on any atom is -0.496 e. The number of ether oxygens (including phenoxy) is 1. The van der Waals surface area contributed by atoms with Crippen molar-refractivity contribution in [3.8, 4) is 5.75 Å². The van der Waals surface area contributed by atoms with Gasteiger partial charge in [0.1, 0.15) is 12.3 Å². The van der Waals surface area contributed by atoms with Crippen LogP contribution in [0, 0.1) is 0 Å². The predicted octanol–water partition coefficient (Wildman–Crippen LogP) is 4.57. The first kappa shape index (κ1) is 24.0. The number of methoxy groups -OCH3 is 1. The van der Waals surface area contributed by atoms with Crippen molar-refractivity contribution in [3.63, 3.8) is 0 Å². The summed E-state index contributed by atoms with van der Waals surface area (Å²) < 4.78 is 34.4. The molecular formula is C22H19Br2N3O4S. The Kier molecular flexibility index (Phi) is 8.05. The third-order valence-electron chi connectivity index (χ3n) is 4.32. The Bertz CT molecular complexity index is 1220. The number of hydrogen-bond donors (Lipinski definition) is 1. The van der Waals surface area contributed by atoms with Gasteiger partial charge in [0.25, 0.3) is 15.9 Å². The first-order valence-electron chi connectivity index (χ1n) is 9.30. The van der Waals surface area contributed by atoms with Gasteiger partial charge in [-0.15, -0.1) is 0 Å². The minimum absolute atomic E-state index is 0.0816. The largest absolute Gasteiger partial charge is 0.496 e. The number of hydrogen-bond acceptors (Lipinski definition) is 5. The van der Waals surface area contributed by atoms with Crippen LogP contribution in [-0.2, 0) is 14.8 Å². The van der Waals surface area contributed by atoms with Crippen molar-refractivity contribution >= 4 is 59.7 Å². The first-order chi connectivity index (χ1) is 15.3. The number of nitrogens with zero attached hydrogens (tertiary/aromatic N) is 2. The van der Waals surface area contributed by atoms with Crippen LogP contribution >= 0.6 is 31.9 Å². The zero-order valence-electron chi connectivity index (χ0n) is 16.9. The van der Waals surface area contributed by atoms with E-state index in [4.69, 9.17) is 4.74 Å². The second-order valence-corrected chi connectivity index (χ2v) is 10.2. The van der Waals surface area contributed by atoms with Gasteiger partial charge in [0.05, 0.1) is 23.9 Å². The highest BCUT2D eigenvalue weighted by Gasteiger charge is 2.27. The van der Waals surface area contributed by atoms with E-state index in [2.05, 4.69) is 42.4 Å². The van der Waals surface area contributed by atoms with Gasteiger partial charge in [-0.05, 0) is 54.6 Å². The fraction of sp³-hybridized carbons (Fsp3) is 0.0909. The molecule has 0 unspecified atom stereocenters. The van der Waals surface area contributed by atoms with E-state index in [-0.39, 0.29) is 4.90 Å². The summed E-state index contributed by atoms with van der Waals surface area (Å²) in [5, 5.41) is 3.95. The summed E-state index contributed by atoms with van der Waals surface area (Å²) in [4.78, 5) is 12.7. The lowest BCUT2D eigenvalue weighted by molar-refractivity contribution is -0.119. The molecule has 0 aliphatic carbocycles. The SMILES string of the molecule is COc1ccc(Br)cc1C=NNC(=O)CN(c1ccc(Br)cc1)S(=O)(=O)c1ccccc1. The second-order valence-electron chi connectivity index (χ2n) is 6.48. The van der Waals surface area contributed by atoms with Crippen molar-refractivity contribution in [1.29, 1.82) is 0 Å². The second kappa shape index (κ2) is 10.8. The van der Waals surface area contributed by atoms with Crippen LogP contribution in [0.3, 0.4) is 0 Å². The summed E-state index contributed by atoms with van der Waals surface area (Å²) in [6.45, 7) is -0.453. The Morgan fingerprint density at radius 1 is 1.03 bits per heavy atom. The van der Waals surface area contributed by atoms with Crippen LogP contribution in [0.2, 0.25) is 0 Å². The molecule has 0 radical (unpaired) electrons. The topological polar surface area (TPSA) is 88.1 Å². The van der Waals surface area contributed by atoms with Crippen LogP contribution in [0.4, 0.5) is 5.69 Å². The Morgan fingerprint density at radius 2 is 1.69 bits per heavy atom. The van der Waals surface area contributed by atoms with E-state index in [0.29, 0.717) is 17.0 Å². The highest BCUT2D eigenvalue weighted by molar-refractivity contribution is 9.10. The summed E-state index contributed by atoms with van der Waals surface area (Å²) in [6, 6.07) is 20.0. The zero-order chi connectivity index (χ0) is 23.1. The highest BCUT2D eigenvalue weighted by atomic mass is 79.9. The number of carbonyl (C=O) groups is 1. The average Bonchev–Trinajstić information content (AvgIpc) is 2.79. The Labute approximate surface area is 203 Å². The molecule has 1 amide bonds. The summed E-state index contributed by atoms with van der Waals surface area (Å²) in [5.41, 5.74) is 3.38. The first-order valence-corrected chi connectivity index (χ1v) is 12.3. The van der Waals surface area contributed by atoms with E-state index in [1.165, 1.54) is 25.5 Å². The zero-order valence-corrected chi connectivity index (χ0v) is 20.9. The number of rotatable bonds is 8. The number of hydrazone groups is 1. The number of halogens is 2. The van der Waals surface area contributed by atoms with Gasteiger partial charge < -0.3 is 4.74 Å². The number of anilines is 1. The molecule has 0 bridgehead atoms. The van der Waals surface area contributed by atoms with Crippen molar-refractivity contribution in [1.82, 2.24) is 5.43 Å². The molecule has 32 heavy (non-hydrogen) atoms. The fourth-order valence-corrected chi connectivity index (χ4v) is 4.87. The van der Waals surface area contributed by atoms with E-state index in [1.54, 1.807) is 54.6 Å². The van der Waals surface area contributed by atoms with Gasteiger partial charge >= 0.3 is 0 Å². The lowest BCUT2D eigenvalue weighted by Crippen LogP contribution is -2.39. The number of benzene rings is 3. The molecule has 0 atom stereocenters. The quantitative estimate of drug-likeness (QED) is 0.312. The molecule has 1 N–H and O–H groups in total. The summed E-state index contributed by atoms with van der Waals surface area (Å²) in [5.74, 6) is -0.0213.